The fraction of sp³-hybridized carbons (Fsp3) is 0.167. The summed E-state index contributed by atoms with van der Waals surface area (Å²) in [5.41, 5.74) is 1.03. The molecule has 1 aromatic carbocycles. The third-order valence-corrected chi connectivity index (χ3v) is 4.45. The highest BCUT2D eigenvalue weighted by atomic mass is 32.2. The molecular weight excluding hydrogens is 273 g/mol. The molecule has 0 aliphatic carbocycles. The van der Waals surface area contributed by atoms with Crippen LogP contribution < -0.4 is 0 Å². The largest absolute Gasteiger partial charge is 0.478 e. The summed E-state index contributed by atoms with van der Waals surface area (Å²) in [6, 6.07) is 4.41. The predicted molar refractivity (Wildman–Crippen MR) is 69.8 cm³/mol. The van der Waals surface area contributed by atoms with Gasteiger partial charge in [0.15, 0.2) is 0 Å². The quantitative estimate of drug-likeness (QED) is 0.871. The molecule has 94 valence electrons. The Bertz CT molecular complexity index is 583. The van der Waals surface area contributed by atoms with Crippen molar-refractivity contribution in [2.75, 3.05) is 0 Å². The van der Waals surface area contributed by atoms with Gasteiger partial charge in [-0.25, -0.2) is 14.2 Å². The van der Waals surface area contributed by atoms with Crippen molar-refractivity contribution in [3.05, 3.63) is 46.2 Å². The lowest BCUT2D eigenvalue weighted by Crippen LogP contribution is -2.02. The van der Waals surface area contributed by atoms with Crippen LogP contribution in [0.4, 0.5) is 4.39 Å². The number of hydrogen-bond donors (Lipinski definition) is 1. The lowest BCUT2D eigenvalue weighted by Gasteiger charge is -2.04. The van der Waals surface area contributed by atoms with Crippen molar-refractivity contribution in [1.29, 1.82) is 0 Å². The summed E-state index contributed by atoms with van der Waals surface area (Å²) in [7, 11) is 0. The van der Waals surface area contributed by atoms with Crippen LogP contribution in [-0.2, 0) is 5.75 Å². The number of carboxylic acid groups (broad SMARTS) is 1. The van der Waals surface area contributed by atoms with Gasteiger partial charge in [0, 0.05) is 16.8 Å². The number of aromatic nitrogens is 1. The second-order valence-electron chi connectivity index (χ2n) is 3.63. The molecule has 2 rings (SSSR count). The number of carbonyl (C=O) groups is 1. The smallest absolute Gasteiger partial charge is 0.338 e. The Morgan fingerprint density at radius 2 is 2.33 bits per heavy atom. The van der Waals surface area contributed by atoms with E-state index in [1.807, 2.05) is 12.3 Å². The summed E-state index contributed by atoms with van der Waals surface area (Å²) in [6.07, 6.45) is 0. The van der Waals surface area contributed by atoms with E-state index in [-0.39, 0.29) is 5.56 Å². The molecule has 1 aromatic heterocycles. The second kappa shape index (κ2) is 5.49. The Hall–Kier alpha value is -1.40. The van der Waals surface area contributed by atoms with Crippen molar-refractivity contribution in [1.82, 2.24) is 4.98 Å². The van der Waals surface area contributed by atoms with Gasteiger partial charge in [-0.15, -0.1) is 11.3 Å². The van der Waals surface area contributed by atoms with Crippen molar-refractivity contribution in [3.8, 4) is 0 Å². The maximum absolute atomic E-state index is 13.8. The van der Waals surface area contributed by atoms with Gasteiger partial charge in [0.25, 0.3) is 0 Å². The number of aryl methyl sites for hydroxylation is 1. The molecule has 1 N–H and O–H groups in total. The summed E-state index contributed by atoms with van der Waals surface area (Å²) in [5.74, 6) is -1.53. The van der Waals surface area contributed by atoms with Gasteiger partial charge < -0.3 is 5.11 Å². The average molecular weight is 283 g/mol. The van der Waals surface area contributed by atoms with Crippen LogP contribution in [-0.4, -0.2) is 16.1 Å². The van der Waals surface area contributed by atoms with Crippen LogP contribution in [0.1, 0.15) is 21.6 Å². The standard InChI is InChI=1S/C12H10FNO2S2/c1-7-5-17-12(14-7)18-6-8-3-2-4-9(10(8)13)11(15)16/h2-5H,6H2,1H3,(H,15,16). The number of benzene rings is 1. The fourth-order valence-corrected chi connectivity index (χ4v) is 3.22. The molecule has 0 saturated heterocycles. The minimum Gasteiger partial charge on any atom is -0.478 e. The summed E-state index contributed by atoms with van der Waals surface area (Å²) in [5, 5.41) is 10.7. The summed E-state index contributed by atoms with van der Waals surface area (Å²) in [4.78, 5) is 15.1. The van der Waals surface area contributed by atoms with Crippen LogP contribution in [0.2, 0.25) is 0 Å². The third kappa shape index (κ3) is 2.88. The van der Waals surface area contributed by atoms with E-state index in [4.69, 9.17) is 5.11 Å². The van der Waals surface area contributed by atoms with E-state index in [9.17, 15) is 9.18 Å². The number of halogens is 1. The lowest BCUT2D eigenvalue weighted by molar-refractivity contribution is 0.0691. The van der Waals surface area contributed by atoms with Gasteiger partial charge in [-0.2, -0.15) is 0 Å². The first-order chi connectivity index (χ1) is 8.58. The topological polar surface area (TPSA) is 50.2 Å². The van der Waals surface area contributed by atoms with Crippen LogP contribution in [0.5, 0.6) is 0 Å². The van der Waals surface area contributed by atoms with E-state index in [1.54, 1.807) is 12.1 Å². The van der Waals surface area contributed by atoms with Gasteiger partial charge in [0.2, 0.25) is 0 Å². The van der Waals surface area contributed by atoms with E-state index in [2.05, 4.69) is 4.98 Å². The number of thiazole rings is 1. The van der Waals surface area contributed by atoms with Crippen LogP contribution >= 0.6 is 23.1 Å². The molecule has 0 amide bonds. The van der Waals surface area contributed by atoms with Crippen molar-refractivity contribution < 1.29 is 14.3 Å². The van der Waals surface area contributed by atoms with Crippen molar-refractivity contribution in [2.45, 2.75) is 17.0 Å². The van der Waals surface area contributed by atoms with Crippen molar-refractivity contribution >= 4 is 29.1 Å². The maximum Gasteiger partial charge on any atom is 0.338 e. The van der Waals surface area contributed by atoms with E-state index in [0.717, 1.165) is 10.0 Å². The molecule has 0 aliphatic heterocycles. The number of aromatic carboxylic acids is 1. The number of rotatable bonds is 4. The molecule has 0 unspecified atom stereocenters. The zero-order chi connectivity index (χ0) is 13.1. The highest BCUT2D eigenvalue weighted by Gasteiger charge is 2.14. The Morgan fingerprint density at radius 1 is 1.56 bits per heavy atom. The first kappa shape index (κ1) is 13.0. The maximum atomic E-state index is 13.8. The minimum atomic E-state index is -1.25. The Balaban J connectivity index is 2.14. The van der Waals surface area contributed by atoms with Gasteiger partial charge in [0.1, 0.15) is 10.2 Å². The lowest BCUT2D eigenvalue weighted by atomic mass is 10.1. The molecule has 0 saturated carbocycles. The zero-order valence-electron chi connectivity index (χ0n) is 9.51. The van der Waals surface area contributed by atoms with Crippen LogP contribution in [0.15, 0.2) is 27.9 Å². The molecule has 0 aliphatic rings. The van der Waals surface area contributed by atoms with E-state index in [0.29, 0.717) is 11.3 Å². The first-order valence-corrected chi connectivity index (χ1v) is 7.00. The highest BCUT2D eigenvalue weighted by Crippen LogP contribution is 2.27. The van der Waals surface area contributed by atoms with E-state index >= 15 is 0 Å². The summed E-state index contributed by atoms with van der Waals surface area (Å²) >= 11 is 2.90. The molecule has 2 aromatic rings. The number of thioether (sulfide) groups is 1. The van der Waals surface area contributed by atoms with Crippen LogP contribution in [0, 0.1) is 12.7 Å². The zero-order valence-corrected chi connectivity index (χ0v) is 11.1. The molecule has 18 heavy (non-hydrogen) atoms. The van der Waals surface area contributed by atoms with Gasteiger partial charge in [0.05, 0.1) is 5.56 Å². The molecule has 0 fully saturated rings. The molecule has 0 bridgehead atoms. The van der Waals surface area contributed by atoms with Gasteiger partial charge in [-0.1, -0.05) is 23.9 Å². The van der Waals surface area contributed by atoms with Crippen LogP contribution in [0.3, 0.4) is 0 Å². The van der Waals surface area contributed by atoms with Gasteiger partial charge >= 0.3 is 5.97 Å². The molecule has 3 nitrogen and oxygen atoms in total. The Kier molecular flexibility index (Phi) is 3.98. The molecule has 6 heteroatoms. The number of nitrogens with zero attached hydrogens (tertiary/aromatic N) is 1. The highest BCUT2D eigenvalue weighted by molar-refractivity contribution is 8.00. The Labute approximate surface area is 112 Å². The molecule has 0 spiro atoms. The molecule has 1 heterocycles. The van der Waals surface area contributed by atoms with E-state index in [1.165, 1.54) is 29.2 Å². The monoisotopic (exact) mass is 283 g/mol. The third-order valence-electron chi connectivity index (χ3n) is 2.26. The fourth-order valence-electron chi connectivity index (χ4n) is 1.39. The SMILES string of the molecule is Cc1csc(SCc2cccc(C(=O)O)c2F)n1. The molecule has 0 radical (unpaired) electrons. The van der Waals surface area contributed by atoms with Crippen LogP contribution in [0.25, 0.3) is 0 Å². The first-order valence-electron chi connectivity index (χ1n) is 5.13. The normalized spacial score (nSPS) is 10.6. The number of hydrogen-bond acceptors (Lipinski definition) is 4. The van der Waals surface area contributed by atoms with Crippen molar-refractivity contribution in [2.24, 2.45) is 0 Å². The second-order valence-corrected chi connectivity index (χ2v) is 5.71. The minimum absolute atomic E-state index is 0.289. The number of carboxylic acids is 1. The van der Waals surface area contributed by atoms with E-state index < -0.39 is 11.8 Å². The van der Waals surface area contributed by atoms with Crippen molar-refractivity contribution in [3.63, 3.8) is 0 Å². The summed E-state index contributed by atoms with van der Waals surface area (Å²) in [6.45, 7) is 1.90. The Morgan fingerprint density at radius 3 is 2.94 bits per heavy atom. The van der Waals surface area contributed by atoms with Gasteiger partial charge in [-0.05, 0) is 18.6 Å². The molecule has 0 atom stereocenters. The summed E-state index contributed by atoms with van der Waals surface area (Å²) < 4.78 is 14.7. The molecular formula is C12H10FNO2S2. The average Bonchev–Trinajstić information content (AvgIpc) is 2.73. The predicted octanol–water partition coefficient (Wildman–Crippen LogP) is 3.58. The van der Waals surface area contributed by atoms with Gasteiger partial charge in [-0.3, -0.25) is 0 Å².